The molecular formula is C12H15ClN2O4S2. The van der Waals surface area contributed by atoms with Gasteiger partial charge in [-0.05, 0) is 30.5 Å². The molecule has 2 atom stereocenters. The monoisotopic (exact) mass is 350 g/mol. The highest BCUT2D eigenvalue weighted by Crippen LogP contribution is 2.35. The van der Waals surface area contributed by atoms with Gasteiger partial charge in [0.1, 0.15) is 5.75 Å². The molecular weight excluding hydrogens is 336 g/mol. The van der Waals surface area contributed by atoms with Crippen LogP contribution in [0.2, 0.25) is 0 Å². The van der Waals surface area contributed by atoms with Gasteiger partial charge >= 0.3 is 5.97 Å². The molecule has 116 valence electrons. The number of thioether (sulfide) groups is 1. The average Bonchev–Trinajstić information content (AvgIpc) is 2.37. The van der Waals surface area contributed by atoms with Crippen molar-refractivity contribution in [2.45, 2.75) is 11.0 Å². The molecule has 2 N–H and O–H groups in total. The van der Waals surface area contributed by atoms with E-state index in [0.29, 0.717) is 5.75 Å². The first-order chi connectivity index (χ1) is 9.71. The number of carbonyl (C=O) groups excluding carboxylic acids is 1. The van der Waals surface area contributed by atoms with Crippen LogP contribution in [0.4, 0.5) is 5.69 Å². The molecule has 0 spiro atoms. The Hall–Kier alpha value is -0.960. The van der Waals surface area contributed by atoms with Crippen molar-refractivity contribution in [1.29, 1.82) is 0 Å². The van der Waals surface area contributed by atoms with Crippen LogP contribution in [-0.2, 0) is 14.8 Å². The summed E-state index contributed by atoms with van der Waals surface area (Å²) in [5.41, 5.74) is 4.41. The lowest BCUT2D eigenvalue weighted by Gasteiger charge is -2.42. The van der Waals surface area contributed by atoms with E-state index in [2.05, 4.69) is 0 Å². The molecule has 0 radical (unpaired) electrons. The van der Waals surface area contributed by atoms with Gasteiger partial charge in [0.15, 0.2) is 0 Å². The lowest BCUT2D eigenvalue weighted by Crippen LogP contribution is -2.70. The molecule has 1 aromatic carbocycles. The molecule has 2 heterocycles. The van der Waals surface area contributed by atoms with Gasteiger partial charge in [0.05, 0.1) is 17.3 Å². The molecule has 3 rings (SSSR count). The highest BCUT2D eigenvalue weighted by molar-refractivity contribution is 7.98. The van der Waals surface area contributed by atoms with Crippen LogP contribution in [0.1, 0.15) is 0 Å². The van der Waals surface area contributed by atoms with Crippen molar-refractivity contribution >= 4 is 45.0 Å². The molecule has 6 nitrogen and oxygen atoms in total. The van der Waals surface area contributed by atoms with Crippen molar-refractivity contribution in [3.63, 3.8) is 0 Å². The first kappa shape index (κ1) is 16.4. The third kappa shape index (κ3) is 2.85. The molecule has 0 fully saturated rings. The molecule has 2 bridgehead atoms. The number of benzene rings is 1. The van der Waals surface area contributed by atoms with Crippen LogP contribution in [0, 0.1) is 0 Å². The first-order valence-electron chi connectivity index (χ1n) is 5.96. The minimum Gasteiger partial charge on any atom is -0.424 e. The molecule has 0 amide bonds. The standard InChI is InChI=1S/C12H15ClN2O4S2/c1-20-7-10(13)12(14)11(16)19-9-5-3-8(4-6-9)15(12)21(2,17)18/h3-6,10H,7,14H2,1-2H3. The molecule has 9 heteroatoms. The van der Waals surface area contributed by atoms with Gasteiger partial charge in [-0.1, -0.05) is 0 Å². The van der Waals surface area contributed by atoms with Gasteiger partial charge in [0.25, 0.3) is 0 Å². The van der Waals surface area contributed by atoms with Crippen LogP contribution in [0.15, 0.2) is 24.3 Å². The van der Waals surface area contributed by atoms with E-state index in [1.807, 2.05) is 0 Å². The number of hydrogen-bond acceptors (Lipinski definition) is 6. The smallest absolute Gasteiger partial charge is 0.355 e. The highest BCUT2D eigenvalue weighted by atomic mass is 35.5. The minimum absolute atomic E-state index is 0.271. The fourth-order valence-electron chi connectivity index (χ4n) is 2.13. The van der Waals surface area contributed by atoms with E-state index in [1.165, 1.54) is 36.0 Å². The van der Waals surface area contributed by atoms with Crippen molar-refractivity contribution in [2.75, 3.05) is 22.6 Å². The molecule has 21 heavy (non-hydrogen) atoms. The summed E-state index contributed by atoms with van der Waals surface area (Å²) in [4.78, 5) is 12.4. The van der Waals surface area contributed by atoms with Crippen molar-refractivity contribution in [2.24, 2.45) is 5.73 Å². The predicted molar refractivity (Wildman–Crippen MR) is 84.3 cm³/mol. The van der Waals surface area contributed by atoms with Crippen LogP contribution in [0.3, 0.4) is 0 Å². The Morgan fingerprint density at radius 1 is 1.43 bits per heavy atom. The summed E-state index contributed by atoms with van der Waals surface area (Å²) in [6.45, 7) is 0. The van der Waals surface area contributed by atoms with Gasteiger partial charge in [-0.3, -0.25) is 5.73 Å². The topological polar surface area (TPSA) is 89.7 Å². The molecule has 2 aliphatic heterocycles. The first-order valence-corrected chi connectivity index (χ1v) is 9.63. The second-order valence-corrected chi connectivity index (χ2v) is 7.93. The van der Waals surface area contributed by atoms with Crippen molar-refractivity contribution in [3.8, 4) is 5.75 Å². The number of anilines is 1. The highest BCUT2D eigenvalue weighted by Gasteiger charge is 2.53. The van der Waals surface area contributed by atoms with E-state index in [4.69, 9.17) is 22.1 Å². The van der Waals surface area contributed by atoms with E-state index in [9.17, 15) is 13.2 Å². The van der Waals surface area contributed by atoms with E-state index < -0.39 is 27.0 Å². The molecule has 0 saturated carbocycles. The lowest BCUT2D eigenvalue weighted by atomic mass is 10.1. The van der Waals surface area contributed by atoms with Gasteiger partial charge < -0.3 is 4.74 Å². The van der Waals surface area contributed by atoms with E-state index in [1.54, 1.807) is 6.26 Å². The summed E-state index contributed by atoms with van der Waals surface area (Å²) >= 11 is 7.59. The number of alkyl halides is 1. The second kappa shape index (κ2) is 5.68. The Labute approximate surface area is 132 Å². The minimum atomic E-state index is -3.84. The zero-order valence-electron chi connectivity index (χ0n) is 11.4. The Balaban J connectivity index is 2.68. The zero-order valence-corrected chi connectivity index (χ0v) is 13.8. The van der Waals surface area contributed by atoms with Crippen LogP contribution in [0.5, 0.6) is 5.75 Å². The summed E-state index contributed by atoms with van der Waals surface area (Å²) in [6, 6.07) is 6.05. The number of sulfonamides is 1. The Morgan fingerprint density at radius 3 is 2.48 bits per heavy atom. The van der Waals surface area contributed by atoms with Gasteiger partial charge in [0.2, 0.25) is 15.7 Å². The summed E-state index contributed by atoms with van der Waals surface area (Å²) in [5, 5.41) is -0.955. The summed E-state index contributed by atoms with van der Waals surface area (Å²) in [6.07, 6.45) is 2.76. The maximum absolute atomic E-state index is 12.4. The summed E-state index contributed by atoms with van der Waals surface area (Å²) in [7, 11) is -3.84. The zero-order chi connectivity index (χ0) is 15.8. The Morgan fingerprint density at radius 2 is 2.00 bits per heavy atom. The molecule has 0 aromatic heterocycles. The third-order valence-electron chi connectivity index (χ3n) is 3.07. The van der Waals surface area contributed by atoms with Crippen LogP contribution in [-0.4, -0.2) is 43.7 Å². The number of nitrogens with two attached hydrogens (primary N) is 1. The number of esters is 1. The van der Waals surface area contributed by atoms with E-state index in [-0.39, 0.29) is 11.4 Å². The number of fused-ring (bicyclic) bond motifs is 5. The molecule has 2 aliphatic rings. The Kier molecular flexibility index (Phi) is 4.44. The molecule has 1 aromatic rings. The number of hydrogen-bond donors (Lipinski definition) is 1. The SMILES string of the molecule is CSCC(Cl)C1(N)C(=O)Oc2ccc(cc2)N1S(C)(=O)=O. The third-order valence-corrected chi connectivity index (χ3v) is 5.58. The van der Waals surface area contributed by atoms with Crippen LogP contribution < -0.4 is 14.8 Å². The summed E-state index contributed by atoms with van der Waals surface area (Å²) < 4.78 is 30.4. The number of nitrogens with zero attached hydrogens (tertiary/aromatic N) is 1. The summed E-state index contributed by atoms with van der Waals surface area (Å²) in [5.74, 6) is -0.321. The van der Waals surface area contributed by atoms with Gasteiger partial charge in [-0.25, -0.2) is 17.5 Å². The largest absolute Gasteiger partial charge is 0.424 e. The predicted octanol–water partition coefficient (Wildman–Crippen LogP) is 0.997. The second-order valence-electron chi connectivity index (χ2n) is 4.66. The molecule has 2 unspecified atom stereocenters. The van der Waals surface area contributed by atoms with Gasteiger partial charge in [0, 0.05) is 5.75 Å². The van der Waals surface area contributed by atoms with Gasteiger partial charge in [-0.2, -0.15) is 11.8 Å². The molecule has 0 saturated heterocycles. The normalized spacial score (nSPS) is 23.4. The number of halogens is 1. The van der Waals surface area contributed by atoms with Crippen LogP contribution in [0.25, 0.3) is 0 Å². The number of carbonyl (C=O) groups is 1. The van der Waals surface area contributed by atoms with Crippen molar-refractivity contribution in [1.82, 2.24) is 0 Å². The maximum atomic E-state index is 12.4. The average molecular weight is 351 g/mol. The number of ether oxygens (including phenoxy) is 1. The fraction of sp³-hybridized carbons (Fsp3) is 0.417. The van der Waals surface area contributed by atoms with Gasteiger partial charge in [-0.15, -0.1) is 11.6 Å². The van der Waals surface area contributed by atoms with Crippen LogP contribution >= 0.6 is 23.4 Å². The maximum Gasteiger partial charge on any atom is 0.355 e. The fourth-order valence-corrected chi connectivity index (χ4v) is 4.55. The lowest BCUT2D eigenvalue weighted by molar-refractivity contribution is -0.140. The quantitative estimate of drug-likeness (QED) is 0.495. The van der Waals surface area contributed by atoms with Crippen molar-refractivity contribution < 1.29 is 17.9 Å². The van der Waals surface area contributed by atoms with Crippen molar-refractivity contribution in [3.05, 3.63) is 24.3 Å². The Bertz CT molecular complexity index is 650. The van der Waals surface area contributed by atoms with E-state index >= 15 is 0 Å². The van der Waals surface area contributed by atoms with E-state index in [0.717, 1.165) is 10.6 Å². The molecule has 0 aliphatic carbocycles. The number of rotatable bonds is 4.